The van der Waals surface area contributed by atoms with Gasteiger partial charge in [0.15, 0.2) is 0 Å². The number of benzene rings is 2. The SMILES string of the molecule is CC(C)=CCC/C(C)=C/Cc1c(O)cc(-c2ccc(C(=O)O)cc2)cc1O. The maximum atomic E-state index is 10.9. The average molecular weight is 366 g/mol. The molecule has 0 heterocycles. The van der Waals surface area contributed by atoms with Crippen LogP contribution in [0.15, 0.2) is 59.7 Å². The Morgan fingerprint density at radius 2 is 1.52 bits per heavy atom. The number of hydrogen-bond donors (Lipinski definition) is 3. The van der Waals surface area contributed by atoms with Gasteiger partial charge in [-0.15, -0.1) is 0 Å². The molecule has 4 heteroatoms. The number of phenols is 2. The van der Waals surface area contributed by atoms with Crippen molar-refractivity contribution in [1.29, 1.82) is 0 Å². The summed E-state index contributed by atoms with van der Waals surface area (Å²) in [6, 6.07) is 9.50. The second-order valence-electron chi connectivity index (χ2n) is 6.95. The van der Waals surface area contributed by atoms with Crippen molar-refractivity contribution in [1.82, 2.24) is 0 Å². The second-order valence-corrected chi connectivity index (χ2v) is 6.95. The fourth-order valence-electron chi connectivity index (χ4n) is 2.79. The fraction of sp³-hybridized carbons (Fsp3) is 0.261. The monoisotopic (exact) mass is 366 g/mol. The summed E-state index contributed by atoms with van der Waals surface area (Å²) >= 11 is 0. The molecule has 2 rings (SSSR count). The van der Waals surface area contributed by atoms with E-state index in [1.807, 2.05) is 13.0 Å². The zero-order chi connectivity index (χ0) is 20.0. The van der Waals surface area contributed by atoms with Crippen molar-refractivity contribution in [2.24, 2.45) is 0 Å². The van der Waals surface area contributed by atoms with Crippen LogP contribution >= 0.6 is 0 Å². The molecule has 0 unspecified atom stereocenters. The Hall–Kier alpha value is -3.01. The van der Waals surface area contributed by atoms with Crippen molar-refractivity contribution in [2.45, 2.75) is 40.0 Å². The third-order valence-electron chi connectivity index (χ3n) is 4.41. The Kier molecular flexibility index (Phi) is 6.83. The number of allylic oxidation sites excluding steroid dienone is 4. The summed E-state index contributed by atoms with van der Waals surface area (Å²) in [6.45, 7) is 6.20. The maximum Gasteiger partial charge on any atom is 0.335 e. The largest absolute Gasteiger partial charge is 0.507 e. The molecule has 0 amide bonds. The zero-order valence-corrected chi connectivity index (χ0v) is 16.0. The van der Waals surface area contributed by atoms with Gasteiger partial charge in [-0.2, -0.15) is 0 Å². The van der Waals surface area contributed by atoms with Crippen molar-refractivity contribution in [3.05, 3.63) is 70.8 Å². The normalized spacial score (nSPS) is 11.3. The van der Waals surface area contributed by atoms with E-state index in [9.17, 15) is 15.0 Å². The van der Waals surface area contributed by atoms with E-state index < -0.39 is 5.97 Å². The molecular weight excluding hydrogens is 340 g/mol. The molecule has 27 heavy (non-hydrogen) atoms. The summed E-state index contributed by atoms with van der Waals surface area (Å²) < 4.78 is 0. The van der Waals surface area contributed by atoms with Gasteiger partial charge in [0, 0.05) is 5.56 Å². The van der Waals surface area contributed by atoms with E-state index in [0.717, 1.165) is 18.4 Å². The lowest BCUT2D eigenvalue weighted by atomic mass is 9.98. The molecule has 4 nitrogen and oxygen atoms in total. The summed E-state index contributed by atoms with van der Waals surface area (Å²) in [5.74, 6) is -0.935. The second kappa shape index (κ2) is 9.08. The number of carbonyl (C=O) groups is 1. The van der Waals surface area contributed by atoms with E-state index in [4.69, 9.17) is 5.11 Å². The third kappa shape index (κ3) is 5.74. The van der Waals surface area contributed by atoms with Crippen molar-refractivity contribution in [3.8, 4) is 22.6 Å². The van der Waals surface area contributed by atoms with Crippen LogP contribution in [-0.4, -0.2) is 21.3 Å². The van der Waals surface area contributed by atoms with Crippen LogP contribution in [0.3, 0.4) is 0 Å². The van der Waals surface area contributed by atoms with Gasteiger partial charge in [-0.1, -0.05) is 35.4 Å². The van der Waals surface area contributed by atoms with Gasteiger partial charge < -0.3 is 15.3 Å². The minimum absolute atomic E-state index is 0.0284. The lowest BCUT2D eigenvalue weighted by Crippen LogP contribution is -1.95. The van der Waals surface area contributed by atoms with Gasteiger partial charge in [0.25, 0.3) is 0 Å². The lowest BCUT2D eigenvalue weighted by Gasteiger charge is -2.10. The van der Waals surface area contributed by atoms with E-state index >= 15 is 0 Å². The number of rotatable bonds is 7. The van der Waals surface area contributed by atoms with Crippen LogP contribution in [0.1, 0.15) is 49.5 Å². The molecular formula is C23H26O4. The van der Waals surface area contributed by atoms with Crippen LogP contribution in [-0.2, 0) is 6.42 Å². The number of aromatic hydroxyl groups is 2. The Balaban J connectivity index is 2.16. The highest BCUT2D eigenvalue weighted by Crippen LogP contribution is 2.34. The minimum atomic E-state index is -0.991. The summed E-state index contributed by atoms with van der Waals surface area (Å²) in [5, 5.41) is 29.7. The summed E-state index contributed by atoms with van der Waals surface area (Å²) in [7, 11) is 0. The predicted molar refractivity (Wildman–Crippen MR) is 108 cm³/mol. The van der Waals surface area contributed by atoms with E-state index in [0.29, 0.717) is 17.5 Å². The maximum absolute atomic E-state index is 10.9. The van der Waals surface area contributed by atoms with E-state index in [2.05, 4.69) is 19.9 Å². The van der Waals surface area contributed by atoms with Crippen molar-refractivity contribution < 1.29 is 20.1 Å². The van der Waals surface area contributed by atoms with Crippen molar-refractivity contribution >= 4 is 5.97 Å². The highest BCUT2D eigenvalue weighted by atomic mass is 16.4. The summed E-state index contributed by atoms with van der Waals surface area (Å²) in [5.41, 5.74) is 4.55. The van der Waals surface area contributed by atoms with Gasteiger partial charge in [0.1, 0.15) is 11.5 Å². The fourth-order valence-corrected chi connectivity index (χ4v) is 2.79. The molecule has 0 aliphatic rings. The molecule has 0 radical (unpaired) electrons. The van der Waals surface area contributed by atoms with Gasteiger partial charge in [-0.3, -0.25) is 0 Å². The van der Waals surface area contributed by atoms with Crippen molar-refractivity contribution in [3.63, 3.8) is 0 Å². The standard InChI is InChI=1S/C23H26O4/c1-15(2)5-4-6-16(3)7-12-20-21(24)13-19(14-22(20)25)17-8-10-18(11-9-17)23(26)27/h5,7-11,13-14,24-25H,4,6,12H2,1-3H3,(H,26,27)/b16-7+. The van der Waals surface area contributed by atoms with Gasteiger partial charge in [-0.25, -0.2) is 4.79 Å². The van der Waals surface area contributed by atoms with Gasteiger partial charge >= 0.3 is 5.97 Å². The lowest BCUT2D eigenvalue weighted by molar-refractivity contribution is 0.0697. The molecule has 0 saturated carbocycles. The highest BCUT2D eigenvalue weighted by Gasteiger charge is 2.11. The van der Waals surface area contributed by atoms with E-state index in [-0.39, 0.29) is 17.1 Å². The highest BCUT2D eigenvalue weighted by molar-refractivity contribution is 5.88. The summed E-state index contributed by atoms with van der Waals surface area (Å²) in [4.78, 5) is 10.9. The van der Waals surface area contributed by atoms with Crippen LogP contribution in [0.4, 0.5) is 0 Å². The molecule has 0 saturated heterocycles. The number of carboxylic acids is 1. The van der Waals surface area contributed by atoms with Gasteiger partial charge in [0.2, 0.25) is 0 Å². The molecule has 2 aromatic rings. The van der Waals surface area contributed by atoms with E-state index in [1.165, 1.54) is 23.3 Å². The number of carboxylic acid groups (broad SMARTS) is 1. The molecule has 3 N–H and O–H groups in total. The number of phenolic OH excluding ortho intramolecular Hbond substituents is 2. The molecule has 0 aromatic heterocycles. The molecule has 0 bridgehead atoms. The van der Waals surface area contributed by atoms with Crippen molar-refractivity contribution in [2.75, 3.05) is 0 Å². The van der Waals surface area contributed by atoms with Gasteiger partial charge in [-0.05, 0) is 75.4 Å². The molecule has 142 valence electrons. The van der Waals surface area contributed by atoms with Crippen LogP contribution in [0, 0.1) is 0 Å². The molecule has 0 aliphatic heterocycles. The van der Waals surface area contributed by atoms with Crippen LogP contribution in [0.5, 0.6) is 11.5 Å². The van der Waals surface area contributed by atoms with Crippen LogP contribution in [0.2, 0.25) is 0 Å². The quantitative estimate of drug-likeness (QED) is 0.549. The third-order valence-corrected chi connectivity index (χ3v) is 4.41. The molecule has 0 atom stereocenters. The topological polar surface area (TPSA) is 77.8 Å². The number of hydrogen-bond acceptors (Lipinski definition) is 3. The molecule has 0 fully saturated rings. The molecule has 2 aromatic carbocycles. The van der Waals surface area contributed by atoms with Crippen LogP contribution in [0.25, 0.3) is 11.1 Å². The predicted octanol–water partition coefficient (Wildman–Crippen LogP) is 5.70. The first kappa shape index (κ1) is 20.3. The Labute approximate surface area is 160 Å². The molecule has 0 spiro atoms. The van der Waals surface area contributed by atoms with Crippen LogP contribution < -0.4 is 0 Å². The summed E-state index contributed by atoms with van der Waals surface area (Å²) in [6.07, 6.45) is 6.59. The first-order valence-corrected chi connectivity index (χ1v) is 8.95. The minimum Gasteiger partial charge on any atom is -0.507 e. The Morgan fingerprint density at radius 1 is 0.926 bits per heavy atom. The number of aromatic carboxylic acids is 1. The van der Waals surface area contributed by atoms with E-state index in [1.54, 1.807) is 24.3 Å². The molecule has 0 aliphatic carbocycles. The first-order chi connectivity index (χ1) is 12.8. The Morgan fingerprint density at radius 3 is 2.04 bits per heavy atom. The smallest absolute Gasteiger partial charge is 0.335 e. The zero-order valence-electron chi connectivity index (χ0n) is 16.0. The van der Waals surface area contributed by atoms with Gasteiger partial charge in [0.05, 0.1) is 5.56 Å². The average Bonchev–Trinajstić information content (AvgIpc) is 2.60. The first-order valence-electron chi connectivity index (χ1n) is 8.95. The Bertz CT molecular complexity index is 847.